The number of carbonyl (C=O) groups is 2. The van der Waals surface area contributed by atoms with Crippen LogP contribution in [-0.2, 0) is 4.79 Å². The minimum Gasteiger partial charge on any atom is -0.497 e. The number of nitrogens with one attached hydrogen (secondary N) is 1. The lowest BCUT2D eigenvalue weighted by Crippen LogP contribution is -2.32. The Hall–Kier alpha value is -3.62. The van der Waals surface area contributed by atoms with Gasteiger partial charge in [0.05, 0.1) is 29.5 Å². The molecule has 1 aromatic heterocycles. The van der Waals surface area contributed by atoms with E-state index in [4.69, 9.17) is 16.3 Å². The van der Waals surface area contributed by atoms with E-state index in [-0.39, 0.29) is 11.3 Å². The summed E-state index contributed by atoms with van der Waals surface area (Å²) in [6.45, 7) is 0. The summed E-state index contributed by atoms with van der Waals surface area (Å²) in [6.07, 6.45) is 0. The number of aromatic nitrogens is 2. The number of benzene rings is 3. The molecule has 0 saturated carbocycles. The van der Waals surface area contributed by atoms with Crippen molar-refractivity contribution in [3.05, 3.63) is 93.7 Å². The summed E-state index contributed by atoms with van der Waals surface area (Å²) < 4.78 is 6.48. The van der Waals surface area contributed by atoms with Gasteiger partial charge in [-0.3, -0.25) is 24.3 Å². The number of nitrogens with zero attached hydrogens (tertiary/aromatic N) is 2. The molecule has 0 aliphatic carbocycles. The number of hydrogen-bond acceptors (Lipinski definition) is 6. The van der Waals surface area contributed by atoms with Gasteiger partial charge in [-0.05, 0) is 54.6 Å². The first kappa shape index (κ1) is 22.6. The van der Waals surface area contributed by atoms with E-state index in [1.807, 2.05) is 0 Å². The Morgan fingerprint density at radius 2 is 1.82 bits per heavy atom. The summed E-state index contributed by atoms with van der Waals surface area (Å²) in [5.74, 6) is -0.551. The second kappa shape index (κ2) is 9.89. The van der Waals surface area contributed by atoms with Crippen molar-refractivity contribution in [2.24, 2.45) is 0 Å². The molecule has 7 nitrogen and oxygen atoms in total. The molecule has 0 fully saturated rings. The minimum atomic E-state index is -0.526. The van der Waals surface area contributed by atoms with Gasteiger partial charge < -0.3 is 4.74 Å². The topological polar surface area (TPSA) is 90.3 Å². The highest BCUT2D eigenvalue weighted by Gasteiger charge is 2.16. The van der Waals surface area contributed by atoms with Gasteiger partial charge >= 0.3 is 0 Å². The largest absolute Gasteiger partial charge is 0.497 e. The highest BCUT2D eigenvalue weighted by atomic mass is 35.5. The number of amides is 2. The lowest BCUT2D eigenvalue weighted by molar-refractivity contribution is -0.117. The number of rotatable bonds is 6. The molecule has 4 aromatic rings. The first-order valence-corrected chi connectivity index (χ1v) is 11.2. The summed E-state index contributed by atoms with van der Waals surface area (Å²) >= 11 is 7.18. The molecule has 4 rings (SSSR count). The molecule has 0 bridgehead atoms. The van der Waals surface area contributed by atoms with Crippen LogP contribution in [0.2, 0.25) is 5.02 Å². The number of fused-ring (bicyclic) bond motifs is 1. The van der Waals surface area contributed by atoms with Crippen molar-refractivity contribution >= 4 is 46.1 Å². The Labute approximate surface area is 198 Å². The zero-order chi connectivity index (χ0) is 23.4. The van der Waals surface area contributed by atoms with Crippen LogP contribution in [0.25, 0.3) is 16.6 Å². The van der Waals surface area contributed by atoms with E-state index in [0.29, 0.717) is 38.1 Å². The Kier molecular flexibility index (Phi) is 6.76. The number of methoxy groups -OCH3 is 1. The zero-order valence-corrected chi connectivity index (χ0v) is 19.0. The molecule has 0 saturated heterocycles. The van der Waals surface area contributed by atoms with Crippen molar-refractivity contribution in [1.82, 2.24) is 14.9 Å². The van der Waals surface area contributed by atoms with E-state index in [0.717, 1.165) is 11.8 Å². The first-order chi connectivity index (χ1) is 16.0. The molecule has 9 heteroatoms. The highest BCUT2D eigenvalue weighted by Crippen LogP contribution is 2.23. The number of carbonyl (C=O) groups excluding carboxylic acids is 2. The van der Waals surface area contributed by atoms with Crippen LogP contribution >= 0.6 is 23.4 Å². The molecule has 0 unspecified atom stereocenters. The van der Waals surface area contributed by atoms with E-state index in [2.05, 4.69) is 10.3 Å². The van der Waals surface area contributed by atoms with Gasteiger partial charge in [0.2, 0.25) is 5.91 Å². The number of thioether (sulfide) groups is 1. The van der Waals surface area contributed by atoms with Crippen LogP contribution in [0, 0.1) is 0 Å². The van der Waals surface area contributed by atoms with Crippen LogP contribution in [-0.4, -0.2) is 34.2 Å². The van der Waals surface area contributed by atoms with Gasteiger partial charge in [0.1, 0.15) is 5.75 Å². The summed E-state index contributed by atoms with van der Waals surface area (Å²) in [4.78, 5) is 42.6. The molecule has 0 aliphatic heterocycles. The fourth-order valence-electron chi connectivity index (χ4n) is 3.16. The van der Waals surface area contributed by atoms with Crippen LogP contribution in [0.4, 0.5) is 0 Å². The molecule has 1 heterocycles. The first-order valence-electron chi connectivity index (χ1n) is 9.85. The Balaban J connectivity index is 1.58. The van der Waals surface area contributed by atoms with Gasteiger partial charge in [-0.15, -0.1) is 0 Å². The van der Waals surface area contributed by atoms with Crippen molar-refractivity contribution < 1.29 is 14.3 Å². The molecule has 2 amide bonds. The lowest BCUT2D eigenvalue weighted by atomic mass is 10.2. The third kappa shape index (κ3) is 5.08. The van der Waals surface area contributed by atoms with Gasteiger partial charge in [-0.1, -0.05) is 41.6 Å². The van der Waals surface area contributed by atoms with Gasteiger partial charge in [-0.2, -0.15) is 0 Å². The molecule has 0 atom stereocenters. The summed E-state index contributed by atoms with van der Waals surface area (Å²) in [7, 11) is 1.53. The van der Waals surface area contributed by atoms with Crippen LogP contribution in [0.1, 0.15) is 10.4 Å². The molecule has 166 valence electrons. The maximum Gasteiger partial charge on any atom is 0.266 e. The van der Waals surface area contributed by atoms with E-state index in [9.17, 15) is 14.4 Å². The molecule has 0 radical (unpaired) electrons. The van der Waals surface area contributed by atoms with Crippen molar-refractivity contribution in [3.8, 4) is 11.4 Å². The minimum absolute atomic E-state index is 0.118. The number of para-hydroxylation sites is 1. The van der Waals surface area contributed by atoms with Gasteiger partial charge in [-0.25, -0.2) is 4.98 Å². The number of hydrogen-bond donors (Lipinski definition) is 1. The highest BCUT2D eigenvalue weighted by molar-refractivity contribution is 7.99. The molecular formula is C24H18ClN3O4S. The van der Waals surface area contributed by atoms with Crippen molar-refractivity contribution in [2.75, 3.05) is 12.9 Å². The zero-order valence-electron chi connectivity index (χ0n) is 17.4. The summed E-state index contributed by atoms with van der Waals surface area (Å²) in [5, 5.41) is 3.57. The third-order valence-corrected chi connectivity index (χ3v) is 5.92. The monoisotopic (exact) mass is 479 g/mol. The molecule has 33 heavy (non-hydrogen) atoms. The van der Waals surface area contributed by atoms with E-state index >= 15 is 0 Å². The molecule has 0 spiro atoms. The van der Waals surface area contributed by atoms with Gasteiger partial charge in [0, 0.05) is 10.6 Å². The maximum absolute atomic E-state index is 13.2. The predicted octanol–water partition coefficient (Wildman–Crippen LogP) is 4.10. The van der Waals surface area contributed by atoms with Gasteiger partial charge in [0.15, 0.2) is 5.16 Å². The molecule has 3 aromatic carbocycles. The fourth-order valence-corrected chi connectivity index (χ4v) is 4.16. The smallest absolute Gasteiger partial charge is 0.266 e. The normalized spacial score (nSPS) is 10.7. The van der Waals surface area contributed by atoms with Crippen LogP contribution in [0.3, 0.4) is 0 Å². The average molecular weight is 480 g/mol. The van der Waals surface area contributed by atoms with Crippen LogP contribution in [0.15, 0.2) is 82.7 Å². The average Bonchev–Trinajstić information content (AvgIpc) is 2.83. The van der Waals surface area contributed by atoms with E-state index in [1.165, 1.54) is 11.7 Å². The van der Waals surface area contributed by atoms with Crippen LogP contribution < -0.4 is 15.6 Å². The number of halogens is 1. The molecule has 1 N–H and O–H groups in total. The van der Waals surface area contributed by atoms with E-state index in [1.54, 1.807) is 72.8 Å². The lowest BCUT2D eigenvalue weighted by Gasteiger charge is -2.13. The van der Waals surface area contributed by atoms with E-state index < -0.39 is 11.8 Å². The summed E-state index contributed by atoms with van der Waals surface area (Å²) in [5.41, 5.74) is 1.09. The standard InChI is InChI=1S/C24H18ClN3O4S/c1-32-18-11-9-15(10-12-18)22(30)27-21(29)14-33-24-26-20-8-3-2-7-19(20)23(31)28(24)17-6-4-5-16(25)13-17/h2-13H,14H2,1H3,(H,27,29,30). The molecular weight excluding hydrogens is 462 g/mol. The third-order valence-electron chi connectivity index (χ3n) is 4.75. The Morgan fingerprint density at radius 1 is 1.06 bits per heavy atom. The Morgan fingerprint density at radius 3 is 2.55 bits per heavy atom. The SMILES string of the molecule is COc1ccc(C(=O)NC(=O)CSc2nc3ccccc3c(=O)n2-c2cccc(Cl)c2)cc1. The van der Waals surface area contributed by atoms with Crippen molar-refractivity contribution in [2.45, 2.75) is 5.16 Å². The number of ether oxygens (including phenoxy) is 1. The second-order valence-corrected chi connectivity index (χ2v) is 8.31. The maximum atomic E-state index is 13.2. The second-order valence-electron chi connectivity index (χ2n) is 6.93. The number of imide groups is 1. The summed E-state index contributed by atoms with van der Waals surface area (Å²) in [6, 6.07) is 20.2. The van der Waals surface area contributed by atoms with Gasteiger partial charge in [0.25, 0.3) is 11.5 Å². The van der Waals surface area contributed by atoms with Crippen molar-refractivity contribution in [1.29, 1.82) is 0 Å². The fraction of sp³-hybridized carbons (Fsp3) is 0.0833. The quantitative estimate of drug-likeness (QED) is 0.331. The Bertz CT molecular complexity index is 1400. The van der Waals surface area contributed by atoms with Crippen molar-refractivity contribution in [3.63, 3.8) is 0 Å². The predicted molar refractivity (Wildman–Crippen MR) is 129 cm³/mol. The van der Waals surface area contributed by atoms with Crippen LogP contribution in [0.5, 0.6) is 5.75 Å². The molecule has 0 aliphatic rings.